The Labute approximate surface area is 171 Å². The molecular weight excluding hydrogens is 370 g/mol. The third kappa shape index (κ3) is 6.01. The van der Waals surface area contributed by atoms with Crippen molar-refractivity contribution >= 4 is 12.0 Å². The van der Waals surface area contributed by atoms with Crippen LogP contribution in [-0.2, 0) is 4.79 Å². The maximum atomic E-state index is 11.0. The Kier molecular flexibility index (Phi) is 7.67. The predicted octanol–water partition coefficient (Wildman–Crippen LogP) is 4.46. The highest BCUT2D eigenvalue weighted by Crippen LogP contribution is 2.29. The molecule has 0 radical (unpaired) electrons. The van der Waals surface area contributed by atoms with E-state index in [1.165, 1.54) is 11.6 Å². The first-order chi connectivity index (χ1) is 13.8. The van der Waals surface area contributed by atoms with Gasteiger partial charge in [0.05, 0.1) is 6.61 Å². The van der Waals surface area contributed by atoms with Crippen LogP contribution >= 0.6 is 0 Å². The molecule has 0 aliphatic carbocycles. The van der Waals surface area contributed by atoms with Gasteiger partial charge in [0.2, 0.25) is 0 Å². The van der Waals surface area contributed by atoms with Crippen molar-refractivity contribution in [1.82, 2.24) is 0 Å². The van der Waals surface area contributed by atoms with E-state index in [4.69, 9.17) is 24.6 Å². The second kappa shape index (κ2) is 10.2. The highest BCUT2D eigenvalue weighted by atomic mass is 16.5. The summed E-state index contributed by atoms with van der Waals surface area (Å²) in [6.07, 6.45) is 1.29. The van der Waals surface area contributed by atoms with Crippen molar-refractivity contribution in [2.45, 2.75) is 27.7 Å². The highest BCUT2D eigenvalue weighted by Gasteiger charge is 2.10. The van der Waals surface area contributed by atoms with Gasteiger partial charge in [-0.15, -0.1) is 0 Å². The van der Waals surface area contributed by atoms with E-state index in [1.807, 2.05) is 26.8 Å². The third-order valence-corrected chi connectivity index (χ3v) is 4.29. The Morgan fingerprint density at radius 3 is 2.34 bits per heavy atom. The Balaban J connectivity index is 2.07. The standard InChI is InChI=1S/C23H25NO5/c1-5-27-22-13-18(12-19(14-24)23(25)26)6-7-20(22)28-8-9-29-21-11-15(2)10-16(3)17(21)4/h6-7,10-13H,5,8-9H2,1-4H3,(H,25,26). The molecule has 0 aliphatic rings. The smallest absolute Gasteiger partial charge is 0.346 e. The number of aliphatic carboxylic acids is 1. The number of ether oxygens (including phenoxy) is 3. The molecule has 0 fully saturated rings. The summed E-state index contributed by atoms with van der Waals surface area (Å²) >= 11 is 0. The summed E-state index contributed by atoms with van der Waals surface area (Å²) in [6, 6.07) is 10.8. The van der Waals surface area contributed by atoms with Crippen LogP contribution in [0.2, 0.25) is 0 Å². The summed E-state index contributed by atoms with van der Waals surface area (Å²) in [5.74, 6) is 0.573. The monoisotopic (exact) mass is 395 g/mol. The van der Waals surface area contributed by atoms with Gasteiger partial charge in [-0.3, -0.25) is 0 Å². The van der Waals surface area contributed by atoms with Gasteiger partial charge in [-0.05, 0) is 74.2 Å². The Hall–Kier alpha value is -3.46. The number of carboxylic acids is 1. The molecule has 2 aromatic carbocycles. The van der Waals surface area contributed by atoms with Crippen molar-refractivity contribution in [2.24, 2.45) is 0 Å². The topological polar surface area (TPSA) is 88.8 Å². The van der Waals surface area contributed by atoms with Gasteiger partial charge in [-0.25, -0.2) is 4.79 Å². The number of hydrogen-bond acceptors (Lipinski definition) is 5. The fraction of sp³-hybridized carbons (Fsp3) is 0.304. The maximum Gasteiger partial charge on any atom is 0.346 e. The van der Waals surface area contributed by atoms with Crippen LogP contribution in [-0.4, -0.2) is 30.9 Å². The fourth-order valence-electron chi connectivity index (χ4n) is 2.76. The SMILES string of the molecule is CCOc1cc(C=C(C#N)C(=O)O)ccc1OCCOc1cc(C)cc(C)c1C. The molecule has 2 aromatic rings. The van der Waals surface area contributed by atoms with Crippen LogP contribution in [0, 0.1) is 32.1 Å². The Morgan fingerprint density at radius 2 is 1.72 bits per heavy atom. The first-order valence-electron chi connectivity index (χ1n) is 9.31. The van der Waals surface area contributed by atoms with Crippen molar-refractivity contribution in [3.8, 4) is 23.3 Å². The molecule has 152 valence electrons. The van der Waals surface area contributed by atoms with Crippen LogP contribution in [0.5, 0.6) is 17.2 Å². The molecule has 0 unspecified atom stereocenters. The summed E-state index contributed by atoms with van der Waals surface area (Å²) in [4.78, 5) is 11.0. The lowest BCUT2D eigenvalue weighted by atomic mass is 10.1. The number of nitrogens with zero attached hydrogens (tertiary/aromatic N) is 1. The summed E-state index contributed by atoms with van der Waals surface area (Å²) in [6.45, 7) is 9.06. The second-order valence-corrected chi connectivity index (χ2v) is 6.52. The summed E-state index contributed by atoms with van der Waals surface area (Å²) in [5.41, 5.74) is 3.62. The van der Waals surface area contributed by atoms with Gasteiger partial charge in [0, 0.05) is 0 Å². The number of rotatable bonds is 9. The first kappa shape index (κ1) is 21.8. The lowest BCUT2D eigenvalue weighted by Crippen LogP contribution is -2.11. The van der Waals surface area contributed by atoms with E-state index in [9.17, 15) is 4.79 Å². The zero-order chi connectivity index (χ0) is 21.4. The van der Waals surface area contributed by atoms with Crippen LogP contribution in [0.15, 0.2) is 35.9 Å². The number of carboxylic acid groups (broad SMARTS) is 1. The second-order valence-electron chi connectivity index (χ2n) is 6.52. The fourth-order valence-corrected chi connectivity index (χ4v) is 2.76. The normalized spacial score (nSPS) is 10.9. The lowest BCUT2D eigenvalue weighted by molar-refractivity contribution is -0.132. The number of carbonyl (C=O) groups is 1. The van der Waals surface area contributed by atoms with E-state index in [0.29, 0.717) is 36.9 Å². The van der Waals surface area contributed by atoms with Crippen molar-refractivity contribution in [3.63, 3.8) is 0 Å². The van der Waals surface area contributed by atoms with Gasteiger partial charge in [0.25, 0.3) is 0 Å². The van der Waals surface area contributed by atoms with E-state index in [1.54, 1.807) is 24.3 Å². The quantitative estimate of drug-likeness (QED) is 0.383. The third-order valence-electron chi connectivity index (χ3n) is 4.29. The average Bonchev–Trinajstić information content (AvgIpc) is 2.68. The Morgan fingerprint density at radius 1 is 1.03 bits per heavy atom. The molecule has 0 aliphatic heterocycles. The number of hydrogen-bond donors (Lipinski definition) is 1. The molecule has 6 nitrogen and oxygen atoms in total. The molecule has 1 N–H and O–H groups in total. The summed E-state index contributed by atoms with van der Waals surface area (Å²) in [5, 5.41) is 17.9. The molecule has 0 saturated heterocycles. The van der Waals surface area contributed by atoms with E-state index in [0.717, 1.165) is 16.9 Å². The predicted molar refractivity (Wildman–Crippen MR) is 110 cm³/mol. The van der Waals surface area contributed by atoms with Gasteiger partial charge >= 0.3 is 5.97 Å². The van der Waals surface area contributed by atoms with E-state index < -0.39 is 5.97 Å². The molecule has 0 atom stereocenters. The number of nitriles is 1. The minimum absolute atomic E-state index is 0.320. The highest BCUT2D eigenvalue weighted by molar-refractivity contribution is 5.96. The maximum absolute atomic E-state index is 11.0. The van der Waals surface area contributed by atoms with E-state index >= 15 is 0 Å². The molecular formula is C23H25NO5. The van der Waals surface area contributed by atoms with Crippen molar-refractivity contribution in [3.05, 3.63) is 58.2 Å². The summed E-state index contributed by atoms with van der Waals surface area (Å²) < 4.78 is 17.2. The van der Waals surface area contributed by atoms with Crippen molar-refractivity contribution in [2.75, 3.05) is 19.8 Å². The summed E-state index contributed by atoms with van der Waals surface area (Å²) in [7, 11) is 0. The van der Waals surface area contributed by atoms with Crippen LogP contribution in [0.3, 0.4) is 0 Å². The van der Waals surface area contributed by atoms with Gasteiger partial charge in [0.15, 0.2) is 11.5 Å². The molecule has 0 spiro atoms. The zero-order valence-corrected chi connectivity index (χ0v) is 17.1. The lowest BCUT2D eigenvalue weighted by Gasteiger charge is -2.15. The molecule has 29 heavy (non-hydrogen) atoms. The first-order valence-corrected chi connectivity index (χ1v) is 9.31. The van der Waals surface area contributed by atoms with Crippen molar-refractivity contribution < 1.29 is 24.1 Å². The molecule has 2 rings (SSSR count). The molecule has 0 bridgehead atoms. The van der Waals surface area contributed by atoms with Gasteiger partial charge in [-0.2, -0.15) is 5.26 Å². The van der Waals surface area contributed by atoms with E-state index in [-0.39, 0.29) is 5.57 Å². The average molecular weight is 395 g/mol. The van der Waals surface area contributed by atoms with Crippen molar-refractivity contribution in [1.29, 1.82) is 5.26 Å². The minimum Gasteiger partial charge on any atom is -0.490 e. The van der Waals surface area contributed by atoms with E-state index in [2.05, 4.69) is 13.0 Å². The molecule has 0 saturated carbocycles. The number of benzene rings is 2. The van der Waals surface area contributed by atoms with Gasteiger partial charge < -0.3 is 19.3 Å². The largest absolute Gasteiger partial charge is 0.490 e. The zero-order valence-electron chi connectivity index (χ0n) is 17.1. The molecule has 0 heterocycles. The van der Waals surface area contributed by atoms with Crippen LogP contribution in [0.25, 0.3) is 6.08 Å². The molecule has 6 heteroatoms. The number of aryl methyl sites for hydroxylation is 2. The van der Waals surface area contributed by atoms with Crippen LogP contribution < -0.4 is 14.2 Å². The van der Waals surface area contributed by atoms with Gasteiger partial charge in [0.1, 0.15) is 30.6 Å². The minimum atomic E-state index is -1.27. The molecule has 0 amide bonds. The Bertz CT molecular complexity index is 956. The molecule has 0 aromatic heterocycles. The van der Waals surface area contributed by atoms with Crippen LogP contribution in [0.4, 0.5) is 0 Å². The van der Waals surface area contributed by atoms with Crippen LogP contribution in [0.1, 0.15) is 29.2 Å². The van der Waals surface area contributed by atoms with Gasteiger partial charge in [-0.1, -0.05) is 12.1 Å².